The van der Waals surface area contributed by atoms with Crippen molar-refractivity contribution in [1.82, 2.24) is 0 Å². The lowest BCUT2D eigenvalue weighted by molar-refractivity contribution is -0.119. The van der Waals surface area contributed by atoms with Crippen LogP contribution in [0, 0.1) is 0 Å². The topological polar surface area (TPSA) is 55.7 Å². The monoisotopic (exact) mass is 245 g/mol. The Balaban J connectivity index is 2.65. The summed E-state index contributed by atoms with van der Waals surface area (Å²) in [4.78, 5) is 23.3. The van der Waals surface area contributed by atoms with Gasteiger partial charge >= 0.3 is 0 Å². The minimum atomic E-state index is -0.726. The average molecular weight is 246 g/mol. The number of aliphatic imine (C=N–C) groups is 1. The lowest BCUT2D eigenvalue weighted by Crippen LogP contribution is -2.08. The number of nitrogens with zero attached hydrogens (tertiary/aromatic N) is 1. The molecule has 0 atom stereocenters. The molecule has 6 heteroatoms. The molecule has 0 bridgehead atoms. The van der Waals surface area contributed by atoms with Gasteiger partial charge in [0.1, 0.15) is 5.75 Å². The Hall–Kier alpha value is -1.35. The largest absolute Gasteiger partial charge is 0.482 e. The molecular formula is C9H5Cl2NO3. The molecule has 0 fully saturated rings. The van der Waals surface area contributed by atoms with Crippen LogP contribution in [0.15, 0.2) is 23.2 Å². The van der Waals surface area contributed by atoms with E-state index in [9.17, 15) is 9.59 Å². The van der Waals surface area contributed by atoms with E-state index in [4.69, 9.17) is 27.9 Å². The smallest absolute Gasteiger partial charge is 0.294 e. The van der Waals surface area contributed by atoms with E-state index in [0.29, 0.717) is 10.8 Å². The second kappa shape index (κ2) is 5.51. The summed E-state index contributed by atoms with van der Waals surface area (Å²) in [6, 6.07) is 4.56. The maximum Gasteiger partial charge on any atom is 0.294 e. The molecule has 0 aliphatic heterocycles. The predicted octanol–water partition coefficient (Wildman–Crippen LogP) is 2.23. The summed E-state index contributed by atoms with van der Waals surface area (Å²) in [6.45, 7) is -0.364. The summed E-state index contributed by atoms with van der Waals surface area (Å²) in [5.41, 5.74) is 0. The first-order valence-electron chi connectivity index (χ1n) is 3.82. The summed E-state index contributed by atoms with van der Waals surface area (Å²) in [5.74, 6) is -0.425. The van der Waals surface area contributed by atoms with Gasteiger partial charge in [0, 0.05) is 5.02 Å². The molecule has 0 aliphatic rings. The van der Waals surface area contributed by atoms with E-state index in [2.05, 4.69) is 4.99 Å². The van der Waals surface area contributed by atoms with E-state index in [1.54, 1.807) is 6.07 Å². The third-order valence-corrected chi connectivity index (χ3v) is 1.95. The standard InChI is InChI=1S/C9H5Cl2NO3/c10-6-1-2-8(7(11)3-6)15-4-9(14)12-5-13/h1-3H,4H2. The van der Waals surface area contributed by atoms with Gasteiger partial charge < -0.3 is 4.74 Å². The Morgan fingerprint density at radius 3 is 2.80 bits per heavy atom. The van der Waals surface area contributed by atoms with Crippen molar-refractivity contribution in [3.63, 3.8) is 0 Å². The van der Waals surface area contributed by atoms with Crippen LogP contribution in [0.4, 0.5) is 0 Å². The summed E-state index contributed by atoms with van der Waals surface area (Å²) in [6.07, 6.45) is 1.12. The van der Waals surface area contributed by atoms with E-state index in [1.165, 1.54) is 12.1 Å². The van der Waals surface area contributed by atoms with Gasteiger partial charge in [0.25, 0.3) is 5.91 Å². The predicted molar refractivity (Wildman–Crippen MR) is 55.1 cm³/mol. The van der Waals surface area contributed by atoms with Crippen LogP contribution < -0.4 is 4.74 Å². The minimum absolute atomic E-state index is 0.283. The van der Waals surface area contributed by atoms with Gasteiger partial charge in [-0.15, -0.1) is 4.99 Å². The van der Waals surface area contributed by atoms with Crippen LogP contribution >= 0.6 is 23.2 Å². The second-order valence-electron chi connectivity index (χ2n) is 2.46. The first kappa shape index (κ1) is 11.7. The Morgan fingerprint density at radius 1 is 1.47 bits per heavy atom. The van der Waals surface area contributed by atoms with Gasteiger partial charge in [-0.2, -0.15) is 0 Å². The van der Waals surface area contributed by atoms with Crippen molar-refractivity contribution in [2.75, 3.05) is 6.61 Å². The van der Waals surface area contributed by atoms with E-state index >= 15 is 0 Å². The number of benzene rings is 1. The zero-order chi connectivity index (χ0) is 11.3. The summed E-state index contributed by atoms with van der Waals surface area (Å²) >= 11 is 11.4. The molecule has 1 amide bonds. The van der Waals surface area contributed by atoms with Crippen LogP contribution in [0.2, 0.25) is 10.0 Å². The average Bonchev–Trinajstić information content (AvgIpc) is 2.17. The number of halogens is 2. The number of isocyanates is 1. The van der Waals surface area contributed by atoms with Gasteiger partial charge in [0.05, 0.1) is 5.02 Å². The quantitative estimate of drug-likeness (QED) is 0.607. The van der Waals surface area contributed by atoms with Crippen molar-refractivity contribution in [1.29, 1.82) is 0 Å². The molecule has 0 saturated heterocycles. The van der Waals surface area contributed by atoms with Crippen LogP contribution in [0.1, 0.15) is 0 Å². The number of hydrogen-bond acceptors (Lipinski definition) is 3. The second-order valence-corrected chi connectivity index (χ2v) is 3.30. The number of carbonyl (C=O) groups excluding carboxylic acids is 2. The third-order valence-electron chi connectivity index (χ3n) is 1.42. The fraction of sp³-hybridized carbons (Fsp3) is 0.111. The molecule has 1 aromatic carbocycles. The molecule has 0 aromatic heterocycles. The number of amides is 1. The van der Waals surface area contributed by atoms with Crippen molar-refractivity contribution in [2.24, 2.45) is 4.99 Å². The van der Waals surface area contributed by atoms with Gasteiger partial charge in [0.15, 0.2) is 6.61 Å². The molecule has 78 valence electrons. The Morgan fingerprint density at radius 2 is 2.20 bits per heavy atom. The third kappa shape index (κ3) is 3.72. The fourth-order valence-electron chi connectivity index (χ4n) is 0.815. The van der Waals surface area contributed by atoms with E-state index in [-0.39, 0.29) is 11.6 Å². The molecule has 0 heterocycles. The van der Waals surface area contributed by atoms with Gasteiger partial charge in [0.2, 0.25) is 6.08 Å². The molecule has 15 heavy (non-hydrogen) atoms. The van der Waals surface area contributed by atoms with Crippen molar-refractivity contribution in [3.05, 3.63) is 28.2 Å². The van der Waals surface area contributed by atoms with Gasteiger partial charge in [-0.05, 0) is 18.2 Å². The molecule has 0 radical (unpaired) electrons. The number of carbonyl (C=O) groups is 1. The number of rotatable bonds is 3. The molecule has 0 aliphatic carbocycles. The van der Waals surface area contributed by atoms with Crippen LogP contribution in [0.5, 0.6) is 5.75 Å². The Bertz CT molecular complexity index is 427. The first-order chi connectivity index (χ1) is 7.13. The number of ether oxygens (including phenoxy) is 1. The summed E-state index contributed by atoms with van der Waals surface area (Å²) < 4.78 is 4.99. The van der Waals surface area contributed by atoms with Gasteiger partial charge in [-0.1, -0.05) is 23.2 Å². The highest BCUT2D eigenvalue weighted by Crippen LogP contribution is 2.27. The SMILES string of the molecule is O=C=NC(=O)COc1ccc(Cl)cc1Cl. The first-order valence-corrected chi connectivity index (χ1v) is 4.57. The van der Waals surface area contributed by atoms with E-state index in [0.717, 1.165) is 6.08 Å². The molecule has 1 rings (SSSR count). The Kier molecular flexibility index (Phi) is 4.31. The maximum atomic E-state index is 10.8. The maximum absolute atomic E-state index is 10.8. The summed E-state index contributed by atoms with van der Waals surface area (Å²) in [5, 5.41) is 0.745. The highest BCUT2D eigenvalue weighted by atomic mass is 35.5. The van der Waals surface area contributed by atoms with Gasteiger partial charge in [-0.3, -0.25) is 4.79 Å². The molecule has 0 spiro atoms. The molecule has 0 unspecified atom stereocenters. The zero-order valence-corrected chi connectivity index (χ0v) is 8.88. The molecular weight excluding hydrogens is 241 g/mol. The minimum Gasteiger partial charge on any atom is -0.482 e. The normalized spacial score (nSPS) is 9.20. The number of hydrogen-bond donors (Lipinski definition) is 0. The highest BCUT2D eigenvalue weighted by Gasteiger charge is 2.05. The van der Waals surface area contributed by atoms with Crippen molar-refractivity contribution in [3.8, 4) is 5.75 Å². The van der Waals surface area contributed by atoms with Crippen LogP contribution in [-0.4, -0.2) is 18.6 Å². The lowest BCUT2D eigenvalue weighted by atomic mass is 10.3. The van der Waals surface area contributed by atoms with E-state index < -0.39 is 5.91 Å². The summed E-state index contributed by atoms with van der Waals surface area (Å²) in [7, 11) is 0. The van der Waals surface area contributed by atoms with Crippen LogP contribution in [-0.2, 0) is 9.59 Å². The van der Waals surface area contributed by atoms with Gasteiger partial charge in [-0.25, -0.2) is 4.79 Å². The van der Waals surface area contributed by atoms with Crippen LogP contribution in [0.3, 0.4) is 0 Å². The Labute approximate surface area is 95.5 Å². The highest BCUT2D eigenvalue weighted by molar-refractivity contribution is 6.35. The van der Waals surface area contributed by atoms with Crippen molar-refractivity contribution < 1.29 is 14.3 Å². The molecule has 0 N–H and O–H groups in total. The molecule has 4 nitrogen and oxygen atoms in total. The van der Waals surface area contributed by atoms with Crippen LogP contribution in [0.25, 0.3) is 0 Å². The fourth-order valence-corrected chi connectivity index (χ4v) is 1.28. The molecule has 0 saturated carbocycles. The van der Waals surface area contributed by atoms with E-state index in [1.807, 2.05) is 0 Å². The lowest BCUT2D eigenvalue weighted by Gasteiger charge is -2.04. The van der Waals surface area contributed by atoms with Crippen molar-refractivity contribution in [2.45, 2.75) is 0 Å². The zero-order valence-electron chi connectivity index (χ0n) is 7.37. The van der Waals surface area contributed by atoms with Crippen molar-refractivity contribution >= 4 is 35.2 Å². The molecule has 1 aromatic rings.